The standard InChI is InChI=1S/C21H20N6O/c1-16(25-20-13-22-14-21(26-20)27-11-5-10-24-27)17-6-4-8-19(12-17)28-15-18-7-2-3-9-23-18/h2-14,16H,15H2,1H3,(H,25,26). The predicted octanol–water partition coefficient (Wildman–Crippen LogP) is 3.81. The van der Waals surface area contributed by atoms with Crippen LogP contribution in [0.15, 0.2) is 79.5 Å². The number of rotatable bonds is 7. The number of benzene rings is 1. The monoisotopic (exact) mass is 372 g/mol. The van der Waals surface area contributed by atoms with E-state index in [1.165, 1.54) is 0 Å². The van der Waals surface area contributed by atoms with Gasteiger partial charge in [-0.05, 0) is 42.8 Å². The first-order valence-corrected chi connectivity index (χ1v) is 8.99. The lowest BCUT2D eigenvalue weighted by molar-refractivity contribution is 0.301. The van der Waals surface area contributed by atoms with Gasteiger partial charge >= 0.3 is 0 Å². The van der Waals surface area contributed by atoms with Crippen molar-refractivity contribution in [1.29, 1.82) is 0 Å². The second-order valence-corrected chi connectivity index (χ2v) is 6.26. The molecule has 1 aromatic carbocycles. The summed E-state index contributed by atoms with van der Waals surface area (Å²) in [5, 5.41) is 7.57. The molecule has 3 heterocycles. The summed E-state index contributed by atoms with van der Waals surface area (Å²) in [4.78, 5) is 13.1. The summed E-state index contributed by atoms with van der Waals surface area (Å²) >= 11 is 0. The number of anilines is 1. The minimum atomic E-state index is 0.0283. The Morgan fingerprint density at radius 3 is 2.86 bits per heavy atom. The van der Waals surface area contributed by atoms with Gasteiger partial charge in [-0.25, -0.2) is 9.67 Å². The second-order valence-electron chi connectivity index (χ2n) is 6.26. The molecule has 1 N–H and O–H groups in total. The maximum Gasteiger partial charge on any atom is 0.173 e. The van der Waals surface area contributed by atoms with Crippen LogP contribution in [0.25, 0.3) is 5.82 Å². The number of aromatic nitrogens is 5. The number of nitrogens with one attached hydrogen (secondary N) is 1. The molecule has 4 rings (SSSR count). The van der Waals surface area contributed by atoms with Gasteiger partial charge in [0.05, 0.1) is 24.1 Å². The van der Waals surface area contributed by atoms with Crippen LogP contribution < -0.4 is 10.1 Å². The zero-order chi connectivity index (χ0) is 19.2. The van der Waals surface area contributed by atoms with Crippen LogP contribution in [-0.4, -0.2) is 24.7 Å². The van der Waals surface area contributed by atoms with Crippen molar-refractivity contribution in [3.63, 3.8) is 0 Å². The SMILES string of the molecule is CC(Nc1cncc(-n2cccn2)n1)c1cccc(OCc2ccccn2)c1. The highest BCUT2D eigenvalue weighted by atomic mass is 16.5. The maximum absolute atomic E-state index is 5.87. The van der Waals surface area contributed by atoms with Gasteiger partial charge in [0, 0.05) is 18.6 Å². The molecule has 0 saturated carbocycles. The number of hydrogen-bond acceptors (Lipinski definition) is 6. The third-order valence-electron chi connectivity index (χ3n) is 4.20. The second kappa shape index (κ2) is 8.30. The van der Waals surface area contributed by atoms with Crippen molar-refractivity contribution in [1.82, 2.24) is 24.7 Å². The average molecular weight is 372 g/mol. The van der Waals surface area contributed by atoms with Gasteiger partial charge in [-0.3, -0.25) is 9.97 Å². The summed E-state index contributed by atoms with van der Waals surface area (Å²) in [6, 6.07) is 15.7. The summed E-state index contributed by atoms with van der Waals surface area (Å²) in [6.07, 6.45) is 8.68. The van der Waals surface area contributed by atoms with E-state index in [1.807, 2.05) is 48.7 Å². The molecule has 1 atom stereocenters. The van der Waals surface area contributed by atoms with E-state index in [-0.39, 0.29) is 6.04 Å². The molecule has 0 bridgehead atoms. The fourth-order valence-electron chi connectivity index (χ4n) is 2.76. The van der Waals surface area contributed by atoms with Crippen LogP contribution >= 0.6 is 0 Å². The molecule has 7 nitrogen and oxygen atoms in total. The first kappa shape index (κ1) is 17.7. The van der Waals surface area contributed by atoms with Crippen molar-refractivity contribution in [2.45, 2.75) is 19.6 Å². The smallest absolute Gasteiger partial charge is 0.173 e. The van der Waals surface area contributed by atoms with Crippen molar-refractivity contribution in [2.75, 3.05) is 5.32 Å². The van der Waals surface area contributed by atoms with Crippen molar-refractivity contribution >= 4 is 5.82 Å². The Kier molecular flexibility index (Phi) is 5.24. The summed E-state index contributed by atoms with van der Waals surface area (Å²) < 4.78 is 7.55. The molecular formula is C21H20N6O. The summed E-state index contributed by atoms with van der Waals surface area (Å²) in [7, 11) is 0. The summed E-state index contributed by atoms with van der Waals surface area (Å²) in [5.41, 5.74) is 1.98. The van der Waals surface area contributed by atoms with Crippen LogP contribution in [0.2, 0.25) is 0 Å². The third kappa shape index (κ3) is 4.32. The van der Waals surface area contributed by atoms with Crippen molar-refractivity contribution < 1.29 is 4.74 Å². The highest BCUT2D eigenvalue weighted by Gasteiger charge is 2.09. The molecule has 0 saturated heterocycles. The van der Waals surface area contributed by atoms with Gasteiger partial charge in [0.15, 0.2) is 5.82 Å². The summed E-state index contributed by atoms with van der Waals surface area (Å²) in [5.74, 6) is 2.14. The molecule has 0 fully saturated rings. The quantitative estimate of drug-likeness (QED) is 0.531. The van der Waals surface area contributed by atoms with E-state index in [0.717, 1.165) is 17.0 Å². The Hall–Kier alpha value is -3.74. The van der Waals surface area contributed by atoms with Crippen molar-refractivity contribution in [2.24, 2.45) is 0 Å². The van der Waals surface area contributed by atoms with Crippen LogP contribution in [0.3, 0.4) is 0 Å². The molecule has 140 valence electrons. The number of hydrogen-bond donors (Lipinski definition) is 1. The topological polar surface area (TPSA) is 77.8 Å². The minimum absolute atomic E-state index is 0.0283. The lowest BCUT2D eigenvalue weighted by Gasteiger charge is -2.16. The summed E-state index contributed by atoms with van der Waals surface area (Å²) in [6.45, 7) is 2.50. The molecular weight excluding hydrogens is 352 g/mol. The van der Waals surface area contributed by atoms with Crippen molar-refractivity contribution in [3.05, 3.63) is 90.8 Å². The van der Waals surface area contributed by atoms with Gasteiger partial charge in [-0.1, -0.05) is 18.2 Å². The Balaban J connectivity index is 1.43. The van der Waals surface area contributed by atoms with Gasteiger partial charge in [0.1, 0.15) is 18.2 Å². The Morgan fingerprint density at radius 2 is 2.04 bits per heavy atom. The number of ether oxygens (including phenoxy) is 1. The molecule has 0 aliphatic rings. The molecule has 0 spiro atoms. The molecule has 4 aromatic rings. The normalized spacial score (nSPS) is 11.8. The first-order valence-electron chi connectivity index (χ1n) is 8.99. The zero-order valence-electron chi connectivity index (χ0n) is 15.4. The number of pyridine rings is 1. The Morgan fingerprint density at radius 1 is 1.07 bits per heavy atom. The zero-order valence-corrected chi connectivity index (χ0v) is 15.4. The maximum atomic E-state index is 5.87. The van der Waals surface area contributed by atoms with Gasteiger partial charge in [-0.15, -0.1) is 0 Å². The van der Waals surface area contributed by atoms with Gasteiger partial charge in [0.25, 0.3) is 0 Å². The molecule has 7 heteroatoms. The molecule has 0 amide bonds. The van der Waals surface area contributed by atoms with E-state index >= 15 is 0 Å². The largest absolute Gasteiger partial charge is 0.487 e. The third-order valence-corrected chi connectivity index (χ3v) is 4.20. The first-order chi connectivity index (χ1) is 13.8. The predicted molar refractivity (Wildman–Crippen MR) is 106 cm³/mol. The van der Waals surface area contributed by atoms with E-state index in [0.29, 0.717) is 18.2 Å². The van der Waals surface area contributed by atoms with Gasteiger partial charge in [-0.2, -0.15) is 5.10 Å². The minimum Gasteiger partial charge on any atom is -0.487 e. The fraction of sp³-hybridized carbons (Fsp3) is 0.143. The van der Waals surface area contributed by atoms with Crippen LogP contribution in [-0.2, 0) is 6.61 Å². The lowest BCUT2D eigenvalue weighted by atomic mass is 10.1. The molecule has 28 heavy (non-hydrogen) atoms. The molecule has 0 aliphatic heterocycles. The van der Waals surface area contributed by atoms with E-state index in [1.54, 1.807) is 29.5 Å². The van der Waals surface area contributed by atoms with E-state index in [9.17, 15) is 0 Å². The van der Waals surface area contributed by atoms with Crippen LogP contribution in [0.4, 0.5) is 5.82 Å². The molecule has 0 aliphatic carbocycles. The highest BCUT2D eigenvalue weighted by molar-refractivity contribution is 5.40. The van der Waals surface area contributed by atoms with E-state index in [2.05, 4.69) is 38.4 Å². The van der Waals surface area contributed by atoms with Gasteiger partial charge < -0.3 is 10.1 Å². The molecule has 1 unspecified atom stereocenters. The van der Waals surface area contributed by atoms with Crippen molar-refractivity contribution in [3.8, 4) is 11.6 Å². The van der Waals surface area contributed by atoms with Gasteiger partial charge in [0.2, 0.25) is 0 Å². The average Bonchev–Trinajstić information content (AvgIpc) is 3.28. The fourth-order valence-corrected chi connectivity index (χ4v) is 2.76. The molecule has 0 radical (unpaired) electrons. The van der Waals surface area contributed by atoms with Crippen LogP contribution in [0.5, 0.6) is 5.75 Å². The Bertz CT molecular complexity index is 1020. The lowest BCUT2D eigenvalue weighted by Crippen LogP contribution is -2.10. The number of nitrogens with zero attached hydrogens (tertiary/aromatic N) is 5. The molecule has 3 aromatic heterocycles. The Labute approximate surface area is 163 Å². The van der Waals surface area contributed by atoms with Crippen LogP contribution in [0, 0.1) is 0 Å². The van der Waals surface area contributed by atoms with E-state index < -0.39 is 0 Å². The van der Waals surface area contributed by atoms with Crippen LogP contribution in [0.1, 0.15) is 24.2 Å². The highest BCUT2D eigenvalue weighted by Crippen LogP contribution is 2.22. The van der Waals surface area contributed by atoms with E-state index in [4.69, 9.17) is 4.74 Å².